The number of amides is 4. The van der Waals surface area contributed by atoms with Gasteiger partial charge in [-0.25, -0.2) is 0 Å². The first-order valence-electron chi connectivity index (χ1n) is 15.2. The number of benzene rings is 2. The molecule has 0 bridgehead atoms. The fourth-order valence-electron chi connectivity index (χ4n) is 8.91. The van der Waals surface area contributed by atoms with Gasteiger partial charge in [0.2, 0.25) is 23.6 Å². The average Bonchev–Trinajstić information content (AvgIpc) is 3.82. The van der Waals surface area contributed by atoms with Crippen LogP contribution in [-0.2, 0) is 31.0 Å². The number of hydrogen-bond donors (Lipinski definition) is 3. The lowest BCUT2D eigenvalue weighted by Gasteiger charge is -2.41. The van der Waals surface area contributed by atoms with Gasteiger partial charge in [-0.15, -0.1) is 0 Å². The van der Waals surface area contributed by atoms with Crippen molar-refractivity contribution in [3.8, 4) is 0 Å². The van der Waals surface area contributed by atoms with Crippen LogP contribution in [0.1, 0.15) is 48.8 Å². The fraction of sp³-hybridized carbons (Fsp3) is 0.438. The summed E-state index contributed by atoms with van der Waals surface area (Å²) in [6.45, 7) is 1.28. The number of aromatic amines is 1. The molecule has 9 rings (SSSR count). The summed E-state index contributed by atoms with van der Waals surface area (Å²) in [5, 5.41) is 7.62. The van der Waals surface area contributed by atoms with Crippen molar-refractivity contribution in [1.29, 1.82) is 0 Å². The zero-order chi connectivity index (χ0) is 28.3. The van der Waals surface area contributed by atoms with Crippen LogP contribution < -0.4 is 10.6 Å². The van der Waals surface area contributed by atoms with Crippen molar-refractivity contribution in [2.45, 2.75) is 74.3 Å². The van der Waals surface area contributed by atoms with Gasteiger partial charge in [0.15, 0.2) is 0 Å². The zero-order valence-corrected chi connectivity index (χ0v) is 23.1. The van der Waals surface area contributed by atoms with Crippen molar-refractivity contribution in [3.05, 3.63) is 65.4 Å². The van der Waals surface area contributed by atoms with Gasteiger partial charge >= 0.3 is 0 Å². The maximum atomic E-state index is 13.9. The van der Waals surface area contributed by atoms with E-state index in [0.717, 1.165) is 52.5 Å². The summed E-state index contributed by atoms with van der Waals surface area (Å²) < 4.78 is 0. The molecule has 4 amide bonds. The minimum atomic E-state index is -0.604. The van der Waals surface area contributed by atoms with Crippen molar-refractivity contribution in [3.63, 3.8) is 0 Å². The Morgan fingerprint density at radius 3 is 2.48 bits per heavy atom. The highest BCUT2D eigenvalue weighted by Crippen LogP contribution is 2.56. The van der Waals surface area contributed by atoms with Crippen LogP contribution in [0.3, 0.4) is 0 Å². The lowest BCUT2D eigenvalue weighted by molar-refractivity contribution is -0.158. The van der Waals surface area contributed by atoms with Gasteiger partial charge in [-0.3, -0.25) is 19.2 Å². The van der Waals surface area contributed by atoms with Crippen LogP contribution in [0.5, 0.6) is 0 Å². The van der Waals surface area contributed by atoms with E-state index in [2.05, 4.69) is 39.9 Å². The summed E-state index contributed by atoms with van der Waals surface area (Å²) in [6.07, 6.45) is 5.62. The standard InChI is InChI=1S/C32H32N6O4/c39-27-24-7-3-11-36(24)28(40)23(34-27)13-17-16-33-21-10-9-18(14-19(17)21)32-15-26-29(41)37-12-4-8-25(37)30(42)38(26)31(32)35-22-6-2-1-5-20(22)32/h1-2,5-6,9-10,14,16,23-26,31,33,35H,3-4,7-8,11-13,15H2,(H,34,39)/t23-,24-,25-,26-,31-,32+/m0/s1. The van der Waals surface area contributed by atoms with Crippen molar-refractivity contribution in [1.82, 2.24) is 25.0 Å². The highest BCUT2D eigenvalue weighted by atomic mass is 16.2. The predicted octanol–water partition coefficient (Wildman–Crippen LogP) is 1.84. The Kier molecular flexibility index (Phi) is 4.83. The summed E-state index contributed by atoms with van der Waals surface area (Å²) in [5.74, 6) is 0.0191. The molecule has 0 saturated carbocycles. The summed E-state index contributed by atoms with van der Waals surface area (Å²) in [7, 11) is 0. The summed E-state index contributed by atoms with van der Waals surface area (Å²) in [5.41, 5.74) is 4.41. The summed E-state index contributed by atoms with van der Waals surface area (Å²) in [6, 6.07) is 12.7. The molecule has 10 heteroatoms. The topological polar surface area (TPSA) is 118 Å². The van der Waals surface area contributed by atoms with Gasteiger partial charge in [-0.05, 0) is 67.0 Å². The first-order chi connectivity index (χ1) is 20.5. The molecule has 6 aliphatic rings. The fourth-order valence-corrected chi connectivity index (χ4v) is 8.91. The number of hydrogen-bond acceptors (Lipinski definition) is 5. The quantitative estimate of drug-likeness (QED) is 0.449. The maximum absolute atomic E-state index is 13.9. The first-order valence-corrected chi connectivity index (χ1v) is 15.2. The number of piperazine rings is 2. The molecule has 3 aromatic rings. The molecule has 1 aromatic heterocycles. The van der Waals surface area contributed by atoms with Gasteiger partial charge in [-0.1, -0.05) is 24.3 Å². The lowest BCUT2D eigenvalue weighted by Crippen LogP contribution is -2.63. The van der Waals surface area contributed by atoms with Crippen LogP contribution in [0.15, 0.2) is 48.7 Å². The average molecular weight is 565 g/mol. The van der Waals surface area contributed by atoms with E-state index in [-0.39, 0.29) is 41.9 Å². The normalized spacial score (nSPS) is 33.0. The number of nitrogens with one attached hydrogen (secondary N) is 3. The zero-order valence-electron chi connectivity index (χ0n) is 23.1. The Morgan fingerprint density at radius 1 is 0.833 bits per heavy atom. The second-order valence-corrected chi connectivity index (χ2v) is 12.7. The molecular formula is C32H32N6O4. The number of carbonyl (C=O) groups is 4. The van der Waals surface area contributed by atoms with E-state index in [1.807, 2.05) is 29.3 Å². The number of aromatic nitrogens is 1. The van der Waals surface area contributed by atoms with Crippen LogP contribution >= 0.6 is 0 Å². The monoisotopic (exact) mass is 564 g/mol. The van der Waals surface area contributed by atoms with Crippen molar-refractivity contribution < 1.29 is 19.2 Å². The molecule has 2 aromatic carbocycles. The second-order valence-electron chi connectivity index (χ2n) is 12.7. The van der Waals surface area contributed by atoms with E-state index >= 15 is 0 Å². The van der Waals surface area contributed by atoms with E-state index < -0.39 is 17.5 Å². The SMILES string of the molecule is O=C1N[C@@H](Cc2c[nH]c3ccc([C@@]45C[C@H]6C(=O)N7CCC[C@H]7C(=O)N6[C@@H]4Nc4ccccc45)cc23)C(=O)N2CCC[C@@H]12. The number of nitrogens with zero attached hydrogens (tertiary/aromatic N) is 3. The molecule has 214 valence electrons. The van der Waals surface area contributed by atoms with Crippen molar-refractivity contribution in [2.75, 3.05) is 18.4 Å². The number of anilines is 1. The molecule has 42 heavy (non-hydrogen) atoms. The third kappa shape index (κ3) is 2.99. The largest absolute Gasteiger partial charge is 0.364 e. The molecule has 6 aliphatic heterocycles. The van der Waals surface area contributed by atoms with E-state index in [0.29, 0.717) is 32.4 Å². The Balaban J connectivity index is 1.14. The molecule has 5 saturated heterocycles. The van der Waals surface area contributed by atoms with Crippen LogP contribution in [0.4, 0.5) is 5.69 Å². The number of H-pyrrole nitrogens is 1. The van der Waals surface area contributed by atoms with E-state index in [1.165, 1.54) is 0 Å². The Labute approximate surface area is 242 Å². The summed E-state index contributed by atoms with van der Waals surface area (Å²) in [4.78, 5) is 62.5. The number of fused-ring (bicyclic) bond motifs is 8. The van der Waals surface area contributed by atoms with E-state index in [4.69, 9.17) is 0 Å². The van der Waals surface area contributed by atoms with Crippen molar-refractivity contribution in [2.24, 2.45) is 0 Å². The smallest absolute Gasteiger partial charge is 0.247 e. The highest BCUT2D eigenvalue weighted by molar-refractivity contribution is 6.00. The molecular weight excluding hydrogens is 532 g/mol. The van der Waals surface area contributed by atoms with Gasteiger partial charge in [0.25, 0.3) is 0 Å². The van der Waals surface area contributed by atoms with Gasteiger partial charge in [0.1, 0.15) is 30.3 Å². The Hall–Kier alpha value is -4.34. The number of carbonyl (C=O) groups excluding carboxylic acids is 4. The van der Waals surface area contributed by atoms with Gasteiger partial charge < -0.3 is 30.3 Å². The maximum Gasteiger partial charge on any atom is 0.247 e. The third-order valence-electron chi connectivity index (χ3n) is 10.8. The number of rotatable bonds is 3. The molecule has 0 unspecified atom stereocenters. The van der Waals surface area contributed by atoms with Crippen molar-refractivity contribution >= 4 is 40.2 Å². The molecule has 5 fully saturated rings. The third-order valence-corrected chi connectivity index (χ3v) is 10.8. The molecule has 0 aliphatic carbocycles. The van der Waals surface area contributed by atoms with E-state index in [9.17, 15) is 19.2 Å². The van der Waals surface area contributed by atoms with Crippen LogP contribution in [0.25, 0.3) is 10.9 Å². The molecule has 7 heterocycles. The molecule has 0 spiro atoms. The lowest BCUT2D eigenvalue weighted by atomic mass is 9.72. The minimum Gasteiger partial charge on any atom is -0.364 e. The minimum absolute atomic E-state index is 0.0135. The predicted molar refractivity (Wildman–Crippen MR) is 153 cm³/mol. The summed E-state index contributed by atoms with van der Waals surface area (Å²) >= 11 is 0. The van der Waals surface area contributed by atoms with Crippen LogP contribution in [0, 0.1) is 0 Å². The molecule has 3 N–H and O–H groups in total. The van der Waals surface area contributed by atoms with Crippen LogP contribution in [-0.4, -0.2) is 86.7 Å². The highest BCUT2D eigenvalue weighted by Gasteiger charge is 2.65. The first kappa shape index (κ1) is 24.3. The van der Waals surface area contributed by atoms with Gasteiger partial charge in [-0.2, -0.15) is 0 Å². The van der Waals surface area contributed by atoms with E-state index in [1.54, 1.807) is 9.80 Å². The van der Waals surface area contributed by atoms with Gasteiger partial charge in [0, 0.05) is 42.3 Å². The number of para-hydroxylation sites is 1. The molecule has 0 radical (unpaired) electrons. The second kappa shape index (κ2) is 8.36. The Bertz CT molecular complexity index is 1720. The Morgan fingerprint density at radius 2 is 1.62 bits per heavy atom. The molecule has 6 atom stereocenters. The van der Waals surface area contributed by atoms with Crippen LogP contribution in [0.2, 0.25) is 0 Å². The molecule has 10 nitrogen and oxygen atoms in total. The van der Waals surface area contributed by atoms with Gasteiger partial charge in [0.05, 0.1) is 5.41 Å².